The number of aromatic nitrogens is 1. The van der Waals surface area contributed by atoms with Gasteiger partial charge in [0, 0.05) is 11.3 Å². The van der Waals surface area contributed by atoms with Gasteiger partial charge in [0.15, 0.2) is 5.13 Å². The topological polar surface area (TPSA) is 85.4 Å². The number of halogens is 1. The molecule has 2 heterocycles. The van der Waals surface area contributed by atoms with Crippen molar-refractivity contribution >= 4 is 44.4 Å². The summed E-state index contributed by atoms with van der Waals surface area (Å²) in [6, 6.07) is 8.34. The van der Waals surface area contributed by atoms with Crippen molar-refractivity contribution in [2.75, 3.05) is 5.73 Å². The Morgan fingerprint density at radius 2 is 1.94 bits per heavy atom. The molecule has 186 valence electrons. The molecule has 35 heavy (non-hydrogen) atoms. The van der Waals surface area contributed by atoms with Gasteiger partial charge in [-0.15, -0.1) is 0 Å². The maximum Gasteiger partial charge on any atom is 0.349 e. The number of nitrogens with two attached hydrogens (primary N) is 1. The van der Waals surface area contributed by atoms with Crippen LogP contribution < -0.4 is 5.73 Å². The number of carbonyl (C=O) groups excluding carboxylic acids is 1. The minimum atomic E-state index is -0.827. The molecule has 0 bridgehead atoms. The van der Waals surface area contributed by atoms with Gasteiger partial charge in [-0.1, -0.05) is 62.9 Å². The van der Waals surface area contributed by atoms with Crippen LogP contribution in [0.3, 0.4) is 0 Å². The van der Waals surface area contributed by atoms with Gasteiger partial charge in [-0.3, -0.25) is 0 Å². The lowest BCUT2D eigenvalue weighted by atomic mass is 9.80. The largest absolute Gasteiger partial charge is 0.511 e. The Bertz CT molecular complexity index is 1300. The summed E-state index contributed by atoms with van der Waals surface area (Å²) in [6.07, 6.45) is 1.39. The molecule has 8 heteroatoms. The Balaban J connectivity index is 1.65. The number of aliphatic hydroxyl groups is 1. The van der Waals surface area contributed by atoms with E-state index < -0.39 is 11.6 Å². The fourth-order valence-corrected chi connectivity index (χ4v) is 6.98. The summed E-state index contributed by atoms with van der Waals surface area (Å²) in [7, 11) is 0. The zero-order valence-corrected chi connectivity index (χ0v) is 22.3. The predicted octanol–water partition coefficient (Wildman–Crippen LogP) is 7.29. The van der Waals surface area contributed by atoms with Gasteiger partial charge < -0.3 is 15.6 Å². The van der Waals surface area contributed by atoms with Crippen LogP contribution in [0.4, 0.5) is 9.52 Å². The number of aryl methyl sites for hydroxylation is 2. The number of benzene rings is 2. The Morgan fingerprint density at radius 3 is 2.54 bits per heavy atom. The van der Waals surface area contributed by atoms with E-state index in [4.69, 9.17) is 10.5 Å². The summed E-state index contributed by atoms with van der Waals surface area (Å²) in [4.78, 5) is 18.9. The number of esters is 1. The fourth-order valence-electron chi connectivity index (χ4n) is 4.59. The Hall–Kier alpha value is -2.58. The number of thioether (sulfide) groups is 1. The molecule has 0 amide bonds. The average Bonchev–Trinajstić information content (AvgIpc) is 3.17. The molecule has 0 fully saturated rings. The first-order valence-corrected chi connectivity index (χ1v) is 13.4. The van der Waals surface area contributed by atoms with Crippen LogP contribution in [-0.4, -0.2) is 21.7 Å². The molecule has 3 aromatic rings. The van der Waals surface area contributed by atoms with Gasteiger partial charge in [0.2, 0.25) is 0 Å². The van der Waals surface area contributed by atoms with Gasteiger partial charge in [0.25, 0.3) is 0 Å². The zero-order chi connectivity index (χ0) is 25.5. The van der Waals surface area contributed by atoms with Crippen LogP contribution >= 0.6 is 23.1 Å². The lowest BCUT2D eigenvalue weighted by molar-refractivity contribution is -0.164. The number of hydrogen-bond donors (Lipinski definition) is 2. The van der Waals surface area contributed by atoms with Crippen LogP contribution in [0.25, 0.3) is 10.2 Å². The highest BCUT2D eigenvalue weighted by molar-refractivity contribution is 8.04. The third-order valence-corrected chi connectivity index (χ3v) is 8.76. The first-order valence-electron chi connectivity index (χ1n) is 11.8. The molecule has 1 aromatic heterocycles. The number of thiazole rings is 1. The van der Waals surface area contributed by atoms with E-state index in [1.807, 2.05) is 26.8 Å². The second-order valence-electron chi connectivity index (χ2n) is 9.78. The highest BCUT2D eigenvalue weighted by atomic mass is 32.2. The van der Waals surface area contributed by atoms with Crippen molar-refractivity contribution in [3.05, 3.63) is 63.5 Å². The van der Waals surface area contributed by atoms with Crippen molar-refractivity contribution in [3.63, 3.8) is 0 Å². The Labute approximate surface area is 213 Å². The van der Waals surface area contributed by atoms with Crippen LogP contribution in [0.5, 0.6) is 0 Å². The van der Waals surface area contributed by atoms with Gasteiger partial charge >= 0.3 is 5.97 Å². The van der Waals surface area contributed by atoms with Crippen molar-refractivity contribution < 1.29 is 19.0 Å². The first-order chi connectivity index (χ1) is 16.5. The Kier molecular flexibility index (Phi) is 7.16. The molecule has 1 unspecified atom stereocenters. The van der Waals surface area contributed by atoms with Gasteiger partial charge in [0.05, 0.1) is 10.2 Å². The standard InChI is InChI=1S/C27H31FN2O3S2/c1-14(2)21-20(12-16(5)22-24(21)35-26(29)30-22)34-23-19(31)13-27(15(3)4,33-25(23)32)11-10-17-6-8-18(28)9-7-17/h6-9,12,14-15,31H,10-11,13H2,1-5H3,(H2,29,30). The molecule has 0 aliphatic carbocycles. The molecule has 2 aromatic carbocycles. The van der Waals surface area contributed by atoms with E-state index >= 15 is 0 Å². The van der Waals surface area contributed by atoms with Crippen LogP contribution in [0.1, 0.15) is 63.1 Å². The smallest absolute Gasteiger partial charge is 0.349 e. The van der Waals surface area contributed by atoms with Crippen molar-refractivity contribution in [2.45, 2.75) is 70.3 Å². The predicted molar refractivity (Wildman–Crippen MR) is 141 cm³/mol. The van der Waals surface area contributed by atoms with Crippen LogP contribution in [0, 0.1) is 18.7 Å². The second kappa shape index (κ2) is 9.82. The molecule has 0 saturated heterocycles. The molecule has 1 aliphatic rings. The molecule has 3 N–H and O–H groups in total. The van der Waals surface area contributed by atoms with Gasteiger partial charge in [-0.25, -0.2) is 14.2 Å². The van der Waals surface area contributed by atoms with Crippen LogP contribution in [-0.2, 0) is 16.0 Å². The molecule has 1 atom stereocenters. The minimum absolute atomic E-state index is 0.00872. The minimum Gasteiger partial charge on any atom is -0.511 e. The summed E-state index contributed by atoms with van der Waals surface area (Å²) in [6.45, 7) is 10.1. The lowest BCUT2D eigenvalue weighted by Crippen LogP contribution is -2.44. The normalized spacial score (nSPS) is 18.7. The van der Waals surface area contributed by atoms with Crippen LogP contribution in [0.15, 0.2) is 45.9 Å². The number of ether oxygens (including phenoxy) is 1. The number of cyclic esters (lactones) is 1. The molecule has 4 rings (SSSR count). The Morgan fingerprint density at radius 1 is 1.26 bits per heavy atom. The van der Waals surface area contributed by atoms with E-state index in [9.17, 15) is 14.3 Å². The molecule has 0 saturated carbocycles. The number of fused-ring (bicyclic) bond motifs is 1. The van der Waals surface area contributed by atoms with E-state index in [-0.39, 0.29) is 34.7 Å². The quantitative estimate of drug-likeness (QED) is 0.322. The third-order valence-electron chi connectivity index (χ3n) is 6.68. The lowest BCUT2D eigenvalue weighted by Gasteiger charge is -2.40. The zero-order valence-electron chi connectivity index (χ0n) is 20.6. The van der Waals surface area contributed by atoms with E-state index in [0.29, 0.717) is 18.0 Å². The molecule has 1 aliphatic heterocycles. The number of rotatable bonds is 7. The third kappa shape index (κ3) is 5.05. The molecular weight excluding hydrogens is 483 g/mol. The molecule has 0 spiro atoms. The number of nitrogens with zero attached hydrogens (tertiary/aromatic N) is 1. The highest BCUT2D eigenvalue weighted by Gasteiger charge is 2.44. The highest BCUT2D eigenvalue weighted by Crippen LogP contribution is 2.46. The van der Waals surface area contributed by atoms with Crippen molar-refractivity contribution in [3.8, 4) is 0 Å². The number of anilines is 1. The summed E-state index contributed by atoms with van der Waals surface area (Å²) < 4.78 is 20.4. The van der Waals surface area contributed by atoms with E-state index in [1.54, 1.807) is 12.1 Å². The summed E-state index contributed by atoms with van der Waals surface area (Å²) in [5.74, 6) is -0.578. The fraction of sp³-hybridized carbons (Fsp3) is 0.407. The van der Waals surface area contributed by atoms with E-state index in [0.717, 1.165) is 31.8 Å². The number of carbonyl (C=O) groups is 1. The van der Waals surface area contributed by atoms with Gasteiger partial charge in [0.1, 0.15) is 22.1 Å². The SMILES string of the molecule is Cc1cc(SC2=C(O)CC(CCc3ccc(F)cc3)(C(C)C)OC2=O)c(C(C)C)c2sc(N)nc12. The monoisotopic (exact) mass is 514 g/mol. The second-order valence-corrected chi connectivity index (χ2v) is 11.9. The van der Waals surface area contributed by atoms with Crippen LogP contribution in [0.2, 0.25) is 0 Å². The van der Waals surface area contributed by atoms with E-state index in [1.165, 1.54) is 35.2 Å². The number of aliphatic hydroxyl groups excluding tert-OH is 1. The molecular formula is C27H31FN2O3S2. The van der Waals surface area contributed by atoms with Crippen molar-refractivity contribution in [1.82, 2.24) is 4.98 Å². The number of nitrogen functional groups attached to an aromatic ring is 1. The summed E-state index contributed by atoms with van der Waals surface area (Å²) >= 11 is 2.70. The summed E-state index contributed by atoms with van der Waals surface area (Å²) in [5, 5.41) is 11.6. The maximum absolute atomic E-state index is 13.3. The maximum atomic E-state index is 13.3. The number of hydrogen-bond acceptors (Lipinski definition) is 7. The molecule has 0 radical (unpaired) electrons. The molecule has 5 nitrogen and oxygen atoms in total. The average molecular weight is 515 g/mol. The van der Waals surface area contributed by atoms with Crippen molar-refractivity contribution in [1.29, 1.82) is 0 Å². The van der Waals surface area contributed by atoms with Crippen molar-refractivity contribution in [2.24, 2.45) is 5.92 Å². The first kappa shape index (κ1) is 25.5. The van der Waals surface area contributed by atoms with E-state index in [2.05, 4.69) is 18.8 Å². The van der Waals surface area contributed by atoms with Gasteiger partial charge in [-0.2, -0.15) is 0 Å². The summed E-state index contributed by atoms with van der Waals surface area (Å²) in [5.41, 5.74) is 9.05. The van der Waals surface area contributed by atoms with Gasteiger partial charge in [-0.05, 0) is 66.5 Å².